The van der Waals surface area contributed by atoms with Crippen LogP contribution in [0, 0.1) is 5.92 Å². The average molecular weight is 273 g/mol. The van der Waals surface area contributed by atoms with E-state index in [-0.39, 0.29) is 0 Å². The van der Waals surface area contributed by atoms with Gasteiger partial charge in [-0.3, -0.25) is 0 Å². The molecule has 0 fully saturated rings. The molecule has 0 bridgehead atoms. The third-order valence-corrected chi connectivity index (χ3v) is 4.10. The molecule has 1 heterocycles. The summed E-state index contributed by atoms with van der Waals surface area (Å²) in [7, 11) is 0. The summed E-state index contributed by atoms with van der Waals surface area (Å²) in [6, 6.07) is 10.8. The van der Waals surface area contributed by atoms with Crippen molar-refractivity contribution >= 4 is 11.0 Å². The molecule has 1 aromatic carbocycles. The van der Waals surface area contributed by atoms with Crippen molar-refractivity contribution in [2.75, 3.05) is 6.54 Å². The predicted molar refractivity (Wildman–Crippen MR) is 85.9 cm³/mol. The van der Waals surface area contributed by atoms with E-state index in [9.17, 15) is 0 Å². The van der Waals surface area contributed by atoms with Crippen molar-refractivity contribution in [3.8, 4) is 0 Å². The normalized spacial score (nSPS) is 14.6. The van der Waals surface area contributed by atoms with Gasteiger partial charge in [0.05, 0.1) is 6.04 Å². The van der Waals surface area contributed by atoms with E-state index in [4.69, 9.17) is 4.42 Å². The number of unbranched alkanes of at least 4 members (excludes halogenated alkanes) is 1. The number of hydrogen-bond acceptors (Lipinski definition) is 2. The Hall–Kier alpha value is -1.28. The minimum atomic E-state index is 0.337. The van der Waals surface area contributed by atoms with E-state index in [0.717, 1.165) is 17.9 Å². The van der Waals surface area contributed by atoms with Gasteiger partial charge in [-0.2, -0.15) is 0 Å². The Morgan fingerprint density at radius 2 is 1.95 bits per heavy atom. The number of rotatable bonds is 8. The third kappa shape index (κ3) is 3.43. The zero-order chi connectivity index (χ0) is 14.4. The van der Waals surface area contributed by atoms with Gasteiger partial charge in [0, 0.05) is 5.39 Å². The number of furan rings is 1. The summed E-state index contributed by atoms with van der Waals surface area (Å²) < 4.78 is 6.08. The van der Waals surface area contributed by atoms with E-state index in [1.807, 2.05) is 6.07 Å². The quantitative estimate of drug-likeness (QED) is 0.706. The summed E-state index contributed by atoms with van der Waals surface area (Å²) in [6.07, 6.45) is 5.01. The molecule has 0 aliphatic heterocycles. The highest BCUT2D eigenvalue weighted by atomic mass is 16.3. The molecular formula is C18H27NO. The highest BCUT2D eigenvalue weighted by Crippen LogP contribution is 2.32. The zero-order valence-corrected chi connectivity index (χ0v) is 13.0. The summed E-state index contributed by atoms with van der Waals surface area (Å²) in [5.41, 5.74) is 0.996. The smallest absolute Gasteiger partial charge is 0.134 e. The first kappa shape index (κ1) is 15.1. The lowest BCUT2D eigenvalue weighted by molar-refractivity contribution is 0.291. The van der Waals surface area contributed by atoms with E-state index in [1.54, 1.807) is 0 Å². The van der Waals surface area contributed by atoms with Gasteiger partial charge in [-0.25, -0.2) is 0 Å². The Balaban J connectivity index is 2.25. The number of fused-ring (bicyclic) bond motifs is 1. The molecule has 0 aliphatic carbocycles. The second-order valence-electron chi connectivity index (χ2n) is 5.53. The van der Waals surface area contributed by atoms with Crippen LogP contribution in [0.2, 0.25) is 0 Å². The minimum Gasteiger partial charge on any atom is -0.459 e. The van der Waals surface area contributed by atoms with Crippen LogP contribution in [-0.2, 0) is 0 Å². The van der Waals surface area contributed by atoms with Crippen LogP contribution in [0.25, 0.3) is 11.0 Å². The van der Waals surface area contributed by atoms with Crippen molar-refractivity contribution in [1.29, 1.82) is 0 Å². The molecule has 0 saturated carbocycles. The molecule has 0 saturated heterocycles. The Labute approximate surface area is 122 Å². The minimum absolute atomic E-state index is 0.337. The molecular weight excluding hydrogens is 246 g/mol. The van der Waals surface area contributed by atoms with Crippen LogP contribution in [0.5, 0.6) is 0 Å². The van der Waals surface area contributed by atoms with Crippen molar-refractivity contribution in [3.63, 3.8) is 0 Å². The second kappa shape index (κ2) is 7.49. The first-order valence-electron chi connectivity index (χ1n) is 8.02. The van der Waals surface area contributed by atoms with Crippen molar-refractivity contribution in [2.24, 2.45) is 5.92 Å². The molecule has 2 atom stereocenters. The van der Waals surface area contributed by atoms with E-state index < -0.39 is 0 Å². The number of hydrogen-bond donors (Lipinski definition) is 1. The van der Waals surface area contributed by atoms with Gasteiger partial charge in [-0.15, -0.1) is 0 Å². The van der Waals surface area contributed by atoms with Gasteiger partial charge < -0.3 is 9.73 Å². The van der Waals surface area contributed by atoms with Gasteiger partial charge in [-0.05, 0) is 31.0 Å². The predicted octanol–water partition coefficient (Wildman–Crippen LogP) is 5.30. The first-order valence-corrected chi connectivity index (χ1v) is 8.02. The Kier molecular flexibility index (Phi) is 5.66. The maximum atomic E-state index is 6.08. The second-order valence-corrected chi connectivity index (χ2v) is 5.53. The Morgan fingerprint density at radius 1 is 1.15 bits per heavy atom. The molecule has 20 heavy (non-hydrogen) atoms. The largest absolute Gasteiger partial charge is 0.459 e. The molecule has 110 valence electrons. The Bertz CT molecular complexity index is 484. The van der Waals surface area contributed by atoms with Crippen molar-refractivity contribution < 1.29 is 4.42 Å². The van der Waals surface area contributed by atoms with Crippen LogP contribution in [0.4, 0.5) is 0 Å². The molecule has 2 aromatic rings. The summed E-state index contributed by atoms with van der Waals surface area (Å²) in [6.45, 7) is 7.69. The van der Waals surface area contributed by atoms with Gasteiger partial charge in [0.2, 0.25) is 0 Å². The molecule has 0 aliphatic rings. The first-order chi connectivity index (χ1) is 9.80. The third-order valence-electron chi connectivity index (χ3n) is 4.10. The summed E-state index contributed by atoms with van der Waals surface area (Å²) in [5, 5.41) is 4.83. The van der Waals surface area contributed by atoms with Crippen molar-refractivity contribution in [3.05, 3.63) is 36.1 Å². The van der Waals surface area contributed by atoms with Crippen LogP contribution < -0.4 is 5.32 Å². The van der Waals surface area contributed by atoms with Crippen molar-refractivity contribution in [2.45, 2.75) is 52.5 Å². The average Bonchev–Trinajstić information content (AvgIpc) is 2.90. The van der Waals surface area contributed by atoms with Crippen LogP contribution in [0.3, 0.4) is 0 Å². The van der Waals surface area contributed by atoms with Gasteiger partial charge >= 0.3 is 0 Å². The monoisotopic (exact) mass is 273 g/mol. The molecule has 2 heteroatoms. The lowest BCUT2D eigenvalue weighted by Gasteiger charge is -2.25. The van der Waals surface area contributed by atoms with Crippen LogP contribution in [0.15, 0.2) is 34.7 Å². The molecule has 0 radical (unpaired) electrons. The number of nitrogens with one attached hydrogen (secondary N) is 1. The molecule has 1 aromatic heterocycles. The number of benzene rings is 1. The molecule has 2 rings (SSSR count). The van der Waals surface area contributed by atoms with Crippen LogP contribution in [-0.4, -0.2) is 6.54 Å². The van der Waals surface area contributed by atoms with Gasteiger partial charge in [-0.1, -0.05) is 58.2 Å². The maximum Gasteiger partial charge on any atom is 0.134 e. The summed E-state index contributed by atoms with van der Waals surface area (Å²) in [5.74, 6) is 1.74. The van der Waals surface area contributed by atoms with E-state index in [2.05, 4.69) is 50.4 Å². The van der Waals surface area contributed by atoms with Gasteiger partial charge in [0.1, 0.15) is 11.3 Å². The molecule has 1 N–H and O–H groups in total. The fourth-order valence-electron chi connectivity index (χ4n) is 2.95. The van der Waals surface area contributed by atoms with Crippen molar-refractivity contribution in [1.82, 2.24) is 5.32 Å². The van der Waals surface area contributed by atoms with Crippen LogP contribution in [0.1, 0.15) is 58.3 Å². The number of para-hydroxylation sites is 1. The fraction of sp³-hybridized carbons (Fsp3) is 0.556. The molecule has 2 nitrogen and oxygen atoms in total. The SMILES string of the molecule is CCCCC(CC)C(NCC)c1cc2ccccc2o1. The van der Waals surface area contributed by atoms with E-state index in [1.165, 1.54) is 31.1 Å². The highest BCUT2D eigenvalue weighted by Gasteiger charge is 2.23. The molecule has 0 spiro atoms. The van der Waals surface area contributed by atoms with E-state index >= 15 is 0 Å². The maximum absolute atomic E-state index is 6.08. The fourth-order valence-corrected chi connectivity index (χ4v) is 2.95. The lowest BCUT2D eigenvalue weighted by atomic mass is 9.89. The highest BCUT2D eigenvalue weighted by molar-refractivity contribution is 5.77. The van der Waals surface area contributed by atoms with Gasteiger partial charge in [0.15, 0.2) is 0 Å². The zero-order valence-electron chi connectivity index (χ0n) is 13.0. The van der Waals surface area contributed by atoms with Crippen LogP contribution >= 0.6 is 0 Å². The van der Waals surface area contributed by atoms with Gasteiger partial charge in [0.25, 0.3) is 0 Å². The molecule has 0 amide bonds. The van der Waals surface area contributed by atoms with E-state index in [0.29, 0.717) is 12.0 Å². The topological polar surface area (TPSA) is 25.2 Å². The molecule has 2 unspecified atom stereocenters. The standard InChI is InChI=1S/C18H27NO/c1-4-7-10-14(5-2)18(19-6-3)17-13-15-11-8-9-12-16(15)20-17/h8-9,11-14,18-19H,4-7,10H2,1-3H3. The Morgan fingerprint density at radius 3 is 2.60 bits per heavy atom. The lowest BCUT2D eigenvalue weighted by Crippen LogP contribution is -2.27. The summed E-state index contributed by atoms with van der Waals surface area (Å²) in [4.78, 5) is 0. The summed E-state index contributed by atoms with van der Waals surface area (Å²) >= 11 is 0.